The van der Waals surface area contributed by atoms with Crippen LogP contribution >= 0.6 is 0 Å². The van der Waals surface area contributed by atoms with E-state index in [1.165, 1.54) is 18.4 Å². The van der Waals surface area contributed by atoms with Crippen LogP contribution in [0.1, 0.15) is 63.0 Å². The summed E-state index contributed by atoms with van der Waals surface area (Å²) in [6, 6.07) is 8.60. The summed E-state index contributed by atoms with van der Waals surface area (Å²) < 4.78 is 8.71. The van der Waals surface area contributed by atoms with Crippen molar-refractivity contribution in [3.05, 3.63) is 52.7 Å². The van der Waals surface area contributed by atoms with Gasteiger partial charge in [0.2, 0.25) is 0 Å². The topological polar surface area (TPSA) is 65.3 Å². The van der Waals surface area contributed by atoms with Gasteiger partial charge >= 0.3 is 11.7 Å². The zero-order valence-electron chi connectivity index (χ0n) is 17.2. The molecule has 1 N–H and O–H groups in total. The molecule has 2 aromatic rings. The van der Waals surface area contributed by atoms with Crippen LogP contribution < -0.4 is 11.0 Å². The predicted octanol–water partition coefficient (Wildman–Crippen LogP) is 3.40. The Morgan fingerprint density at radius 2 is 1.72 bits per heavy atom. The lowest BCUT2D eigenvalue weighted by molar-refractivity contribution is -0.149. The second-order valence-electron chi connectivity index (χ2n) is 8.23. The van der Waals surface area contributed by atoms with Gasteiger partial charge in [-0.05, 0) is 82.2 Å². The fraction of sp³-hybridized carbons (Fsp3) is 0.565. The largest absolute Gasteiger partial charge is 0.466 e. The number of nitrogens with one attached hydrogen (secondary N) is 1. The Hall–Kier alpha value is -2.34. The van der Waals surface area contributed by atoms with Crippen LogP contribution in [0.5, 0.6) is 0 Å². The van der Waals surface area contributed by atoms with Crippen molar-refractivity contribution in [2.75, 3.05) is 19.7 Å². The smallest absolute Gasteiger partial charge is 0.332 e. The third kappa shape index (κ3) is 4.32. The van der Waals surface area contributed by atoms with E-state index in [4.69, 9.17) is 4.74 Å². The lowest BCUT2D eigenvalue weighted by Crippen LogP contribution is -2.31. The van der Waals surface area contributed by atoms with Crippen molar-refractivity contribution >= 4 is 5.97 Å². The molecule has 0 unspecified atom stereocenters. The second-order valence-corrected chi connectivity index (χ2v) is 8.23. The van der Waals surface area contributed by atoms with Gasteiger partial charge in [0, 0.05) is 18.4 Å². The highest BCUT2D eigenvalue weighted by Crippen LogP contribution is 2.32. The molecule has 1 aromatic carbocycles. The first-order valence-corrected chi connectivity index (χ1v) is 10.9. The summed E-state index contributed by atoms with van der Waals surface area (Å²) in [6.45, 7) is 4.42. The van der Waals surface area contributed by atoms with Crippen LogP contribution in [0.25, 0.3) is 5.69 Å². The first kappa shape index (κ1) is 20.0. The van der Waals surface area contributed by atoms with Gasteiger partial charge in [-0.3, -0.25) is 13.9 Å². The average Bonchev–Trinajstić information content (AvgIpc) is 3.16. The number of benzene rings is 1. The summed E-state index contributed by atoms with van der Waals surface area (Å²) in [4.78, 5) is 24.9. The molecule has 29 heavy (non-hydrogen) atoms. The Bertz CT molecular complexity index is 870. The number of hydrogen-bond donors (Lipinski definition) is 1. The van der Waals surface area contributed by atoms with E-state index in [1.807, 2.05) is 23.9 Å². The molecule has 1 saturated heterocycles. The van der Waals surface area contributed by atoms with Crippen molar-refractivity contribution in [2.24, 2.45) is 5.92 Å². The van der Waals surface area contributed by atoms with Gasteiger partial charge < -0.3 is 10.1 Å². The van der Waals surface area contributed by atoms with Gasteiger partial charge in [0.25, 0.3) is 0 Å². The minimum Gasteiger partial charge on any atom is -0.466 e. The average molecular weight is 398 g/mol. The fourth-order valence-electron chi connectivity index (χ4n) is 4.78. The molecule has 6 heteroatoms. The standard InChI is InChI=1S/C23H31N3O3/c1-2-29-22(27)19-5-9-21(10-6-19)26-16-15-25(23(26)28)20-7-3-17(4-8-20)18-11-13-24-14-12-18/h3-4,7-8,15-16,18-19,21,24H,2,5-6,9-14H2,1H3. The number of nitrogens with zero attached hydrogens (tertiary/aromatic N) is 2. The minimum atomic E-state index is -0.0929. The molecule has 4 rings (SSSR count). The molecule has 2 heterocycles. The minimum absolute atomic E-state index is 0.000740. The molecule has 2 aliphatic rings. The first-order valence-electron chi connectivity index (χ1n) is 10.9. The lowest BCUT2D eigenvalue weighted by Gasteiger charge is -2.27. The maximum atomic E-state index is 13.0. The molecule has 0 radical (unpaired) electrons. The van der Waals surface area contributed by atoms with Gasteiger partial charge in [0.15, 0.2) is 0 Å². The summed E-state index contributed by atoms with van der Waals surface area (Å²) >= 11 is 0. The Morgan fingerprint density at radius 3 is 2.38 bits per heavy atom. The maximum absolute atomic E-state index is 13.0. The number of hydrogen-bond acceptors (Lipinski definition) is 4. The highest BCUT2D eigenvalue weighted by molar-refractivity contribution is 5.72. The molecule has 0 atom stereocenters. The lowest BCUT2D eigenvalue weighted by atomic mass is 9.86. The molecule has 0 bridgehead atoms. The molecule has 2 fully saturated rings. The maximum Gasteiger partial charge on any atom is 0.332 e. The van der Waals surface area contributed by atoms with E-state index in [2.05, 4.69) is 29.6 Å². The Balaban J connectivity index is 1.44. The van der Waals surface area contributed by atoms with Crippen LogP contribution in [0.4, 0.5) is 0 Å². The molecule has 6 nitrogen and oxygen atoms in total. The van der Waals surface area contributed by atoms with Crippen LogP contribution in [-0.2, 0) is 9.53 Å². The monoisotopic (exact) mass is 397 g/mol. The van der Waals surface area contributed by atoms with Gasteiger partial charge in [-0.1, -0.05) is 12.1 Å². The van der Waals surface area contributed by atoms with Gasteiger partial charge in [-0.15, -0.1) is 0 Å². The SMILES string of the molecule is CCOC(=O)C1CCC(n2ccn(-c3ccc(C4CCNCC4)cc3)c2=O)CC1. The first-order chi connectivity index (χ1) is 14.2. The zero-order chi connectivity index (χ0) is 20.2. The predicted molar refractivity (Wildman–Crippen MR) is 113 cm³/mol. The van der Waals surface area contributed by atoms with Gasteiger partial charge in [0.1, 0.15) is 0 Å². The van der Waals surface area contributed by atoms with Crippen molar-refractivity contribution in [1.29, 1.82) is 0 Å². The molecule has 156 valence electrons. The molecule has 1 saturated carbocycles. The summed E-state index contributed by atoms with van der Waals surface area (Å²) in [5, 5.41) is 3.40. The Morgan fingerprint density at radius 1 is 1.03 bits per heavy atom. The van der Waals surface area contributed by atoms with Gasteiger partial charge in [0.05, 0.1) is 18.2 Å². The van der Waals surface area contributed by atoms with Crippen LogP contribution in [0.3, 0.4) is 0 Å². The van der Waals surface area contributed by atoms with Crippen LogP contribution in [0.15, 0.2) is 41.5 Å². The van der Waals surface area contributed by atoms with E-state index < -0.39 is 0 Å². The summed E-state index contributed by atoms with van der Waals surface area (Å²) in [5.74, 6) is 0.498. The van der Waals surface area contributed by atoms with Crippen molar-refractivity contribution in [2.45, 2.75) is 57.4 Å². The van der Waals surface area contributed by atoms with Crippen molar-refractivity contribution in [1.82, 2.24) is 14.5 Å². The van der Waals surface area contributed by atoms with Gasteiger partial charge in [-0.25, -0.2) is 4.79 Å². The summed E-state index contributed by atoms with van der Waals surface area (Å²) in [5.41, 5.74) is 2.27. The number of carbonyl (C=O) groups is 1. The third-order valence-electron chi connectivity index (χ3n) is 6.50. The van der Waals surface area contributed by atoms with E-state index in [0.29, 0.717) is 12.5 Å². The van der Waals surface area contributed by atoms with E-state index in [1.54, 1.807) is 4.57 Å². The zero-order valence-corrected chi connectivity index (χ0v) is 17.2. The summed E-state index contributed by atoms with van der Waals surface area (Å²) in [6.07, 6.45) is 9.33. The van der Waals surface area contributed by atoms with Crippen LogP contribution in [0.2, 0.25) is 0 Å². The second kappa shape index (κ2) is 8.99. The molecule has 0 amide bonds. The number of imidazole rings is 1. The number of ether oxygens (including phenoxy) is 1. The molecular weight excluding hydrogens is 366 g/mol. The van der Waals surface area contributed by atoms with Crippen LogP contribution in [-0.4, -0.2) is 34.8 Å². The highest BCUT2D eigenvalue weighted by Gasteiger charge is 2.29. The van der Waals surface area contributed by atoms with Crippen molar-refractivity contribution < 1.29 is 9.53 Å². The number of carbonyl (C=O) groups excluding carboxylic acids is 1. The number of rotatable bonds is 5. The van der Waals surface area contributed by atoms with E-state index in [0.717, 1.165) is 44.5 Å². The highest BCUT2D eigenvalue weighted by atomic mass is 16.5. The number of esters is 1. The molecule has 1 aliphatic heterocycles. The normalized spacial score (nSPS) is 23.1. The van der Waals surface area contributed by atoms with Crippen molar-refractivity contribution in [3.63, 3.8) is 0 Å². The Labute approximate surface area is 171 Å². The molecular formula is C23H31N3O3. The number of piperidine rings is 1. The fourth-order valence-corrected chi connectivity index (χ4v) is 4.78. The van der Waals surface area contributed by atoms with E-state index in [-0.39, 0.29) is 23.6 Å². The molecule has 1 aliphatic carbocycles. The van der Waals surface area contributed by atoms with Crippen molar-refractivity contribution in [3.8, 4) is 5.69 Å². The number of aromatic nitrogens is 2. The van der Waals surface area contributed by atoms with E-state index in [9.17, 15) is 9.59 Å². The Kier molecular flexibility index (Phi) is 6.19. The molecule has 1 aromatic heterocycles. The van der Waals surface area contributed by atoms with E-state index >= 15 is 0 Å². The van der Waals surface area contributed by atoms with Crippen LogP contribution in [0, 0.1) is 5.92 Å². The third-order valence-corrected chi connectivity index (χ3v) is 6.50. The quantitative estimate of drug-likeness (QED) is 0.786. The summed E-state index contributed by atoms with van der Waals surface area (Å²) in [7, 11) is 0. The molecule has 0 spiro atoms. The van der Waals surface area contributed by atoms with Gasteiger partial charge in [-0.2, -0.15) is 0 Å².